The number of benzene rings is 3. The molecule has 0 unspecified atom stereocenters. The van der Waals surface area contributed by atoms with Crippen molar-refractivity contribution in [2.75, 3.05) is 12.3 Å². The van der Waals surface area contributed by atoms with Crippen LogP contribution in [0.25, 0.3) is 11.1 Å². The number of aliphatic hydroxyl groups is 1. The summed E-state index contributed by atoms with van der Waals surface area (Å²) in [4.78, 5) is 25.4. The number of rotatable bonds is 10. The van der Waals surface area contributed by atoms with Crippen LogP contribution in [0.5, 0.6) is 0 Å². The number of aryl methyl sites for hydroxylation is 1. The summed E-state index contributed by atoms with van der Waals surface area (Å²) in [5.74, 6) is -2.01. The topological polar surface area (TPSA) is 132 Å². The number of alkyl halides is 3. The standard InChI is InChI=1S/C34H35F3N6O5S/c1-42-33(39-40-41-42)49-20-26-17-29(23-10-8-21(19-44)9-11-23)48-31(47-26)24-14-12-22(13-15-24)27-6-3-2-5-25(27)18-38-30(45)28-7-4-16-43(28)32(46)34(35,36)37/h2-3,5-6,8-15,26,28-29,31,44H,4,7,16-20H2,1H3,(H,38,45)/t26-,28-,29+,31+/m0/s1. The summed E-state index contributed by atoms with van der Waals surface area (Å²) < 4.78 is 53.7. The first-order chi connectivity index (χ1) is 23.6. The summed E-state index contributed by atoms with van der Waals surface area (Å²) in [6, 6.07) is 21.6. The minimum absolute atomic E-state index is 0.0491. The molecule has 6 rings (SSSR count). The molecular formula is C34H35F3N6O5S. The van der Waals surface area contributed by atoms with Crippen molar-refractivity contribution in [1.29, 1.82) is 0 Å². The normalized spacial score (nSPS) is 21.1. The Balaban J connectivity index is 1.16. The summed E-state index contributed by atoms with van der Waals surface area (Å²) in [7, 11) is 1.78. The maximum absolute atomic E-state index is 13.1. The highest BCUT2D eigenvalue weighted by atomic mass is 32.2. The highest BCUT2D eigenvalue weighted by molar-refractivity contribution is 7.99. The van der Waals surface area contributed by atoms with Crippen LogP contribution < -0.4 is 5.32 Å². The van der Waals surface area contributed by atoms with Gasteiger partial charge in [-0.25, -0.2) is 4.68 Å². The maximum atomic E-state index is 13.1. The predicted molar refractivity (Wildman–Crippen MR) is 172 cm³/mol. The van der Waals surface area contributed by atoms with Crippen molar-refractivity contribution in [2.24, 2.45) is 7.05 Å². The van der Waals surface area contributed by atoms with Crippen molar-refractivity contribution in [3.63, 3.8) is 0 Å². The fraction of sp³-hybridized carbons (Fsp3) is 0.382. The molecule has 4 atom stereocenters. The van der Waals surface area contributed by atoms with Crippen LogP contribution in [0.2, 0.25) is 0 Å². The average molecular weight is 697 g/mol. The van der Waals surface area contributed by atoms with E-state index in [2.05, 4.69) is 20.8 Å². The maximum Gasteiger partial charge on any atom is 0.471 e. The minimum Gasteiger partial charge on any atom is -0.392 e. The van der Waals surface area contributed by atoms with Crippen molar-refractivity contribution in [1.82, 2.24) is 30.4 Å². The first-order valence-electron chi connectivity index (χ1n) is 15.8. The number of tetrazole rings is 1. The average Bonchev–Trinajstić information content (AvgIpc) is 3.78. The van der Waals surface area contributed by atoms with Crippen LogP contribution in [0, 0.1) is 0 Å². The number of carbonyl (C=O) groups is 2. The number of aliphatic hydroxyl groups excluding tert-OH is 1. The largest absolute Gasteiger partial charge is 0.471 e. The van der Waals surface area contributed by atoms with Crippen molar-refractivity contribution < 1.29 is 37.3 Å². The Labute approximate surface area is 284 Å². The predicted octanol–water partition coefficient (Wildman–Crippen LogP) is 4.88. The molecular weight excluding hydrogens is 661 g/mol. The van der Waals surface area contributed by atoms with E-state index in [1.807, 2.05) is 72.8 Å². The molecule has 2 amide bonds. The van der Waals surface area contributed by atoms with Gasteiger partial charge < -0.3 is 24.8 Å². The Hall–Kier alpha value is -4.31. The first-order valence-corrected chi connectivity index (χ1v) is 16.8. The summed E-state index contributed by atoms with van der Waals surface area (Å²) in [5, 5.41) is 24.6. The highest BCUT2D eigenvalue weighted by Gasteiger charge is 2.47. The SMILES string of the molecule is Cn1nnnc1SC[C@@H]1C[C@H](c2ccc(CO)cc2)O[C@H](c2ccc(-c3ccccc3CNC(=O)[C@@H]3CCCN3C(=O)C(F)(F)F)cc2)O1. The van der Waals surface area contributed by atoms with Crippen LogP contribution in [0.1, 0.15) is 53.9 Å². The van der Waals surface area contributed by atoms with Crippen molar-refractivity contribution in [3.05, 3.63) is 95.1 Å². The van der Waals surface area contributed by atoms with Crippen LogP contribution in [0.3, 0.4) is 0 Å². The number of halogens is 3. The van der Waals surface area contributed by atoms with Crippen LogP contribution >= 0.6 is 11.8 Å². The highest BCUT2D eigenvalue weighted by Crippen LogP contribution is 2.40. The summed E-state index contributed by atoms with van der Waals surface area (Å²) in [5.41, 5.74) is 5.04. The van der Waals surface area contributed by atoms with Gasteiger partial charge in [-0.3, -0.25) is 9.59 Å². The third kappa shape index (κ3) is 8.12. The van der Waals surface area contributed by atoms with Crippen molar-refractivity contribution in [3.8, 4) is 11.1 Å². The van der Waals surface area contributed by atoms with Gasteiger partial charge in [0.05, 0.1) is 18.8 Å². The second-order valence-electron chi connectivity index (χ2n) is 11.9. The molecule has 2 aliphatic heterocycles. The van der Waals surface area contributed by atoms with Crippen molar-refractivity contribution in [2.45, 2.75) is 68.3 Å². The molecule has 4 aromatic rings. The minimum atomic E-state index is -5.03. The van der Waals surface area contributed by atoms with E-state index in [4.69, 9.17) is 9.47 Å². The fourth-order valence-corrected chi connectivity index (χ4v) is 6.92. The van der Waals surface area contributed by atoms with E-state index in [9.17, 15) is 27.9 Å². The Morgan fingerprint density at radius 3 is 2.45 bits per heavy atom. The second kappa shape index (κ2) is 15.1. The zero-order chi connectivity index (χ0) is 34.5. The first kappa shape index (κ1) is 34.5. The van der Waals surface area contributed by atoms with Gasteiger partial charge in [0.15, 0.2) is 6.29 Å². The lowest BCUT2D eigenvalue weighted by atomic mass is 9.97. The van der Waals surface area contributed by atoms with E-state index in [1.54, 1.807) is 11.7 Å². The molecule has 2 saturated heterocycles. The smallest absolute Gasteiger partial charge is 0.392 e. The number of aromatic nitrogens is 4. The van der Waals surface area contributed by atoms with Gasteiger partial charge in [0.2, 0.25) is 11.1 Å². The molecule has 2 aliphatic rings. The molecule has 0 radical (unpaired) electrons. The second-order valence-corrected chi connectivity index (χ2v) is 12.9. The quantitative estimate of drug-likeness (QED) is 0.223. The van der Waals surface area contributed by atoms with Gasteiger partial charge in [-0.15, -0.1) is 5.10 Å². The number of nitrogens with zero attached hydrogens (tertiary/aromatic N) is 5. The van der Waals surface area contributed by atoms with Gasteiger partial charge in [-0.1, -0.05) is 84.6 Å². The van der Waals surface area contributed by atoms with Gasteiger partial charge in [-0.05, 0) is 51.1 Å². The van der Waals surface area contributed by atoms with Gasteiger partial charge in [0, 0.05) is 37.9 Å². The van der Waals surface area contributed by atoms with Gasteiger partial charge in [-0.2, -0.15) is 13.2 Å². The molecule has 2 N–H and O–H groups in total. The third-order valence-corrected chi connectivity index (χ3v) is 9.76. The van der Waals surface area contributed by atoms with E-state index in [0.29, 0.717) is 28.7 Å². The van der Waals surface area contributed by atoms with E-state index in [0.717, 1.165) is 33.4 Å². The Morgan fingerprint density at radius 1 is 1.02 bits per heavy atom. The number of carbonyl (C=O) groups excluding carboxylic acids is 2. The van der Waals surface area contributed by atoms with Gasteiger partial charge in [0.25, 0.3) is 0 Å². The van der Waals surface area contributed by atoms with Crippen LogP contribution in [-0.4, -0.2) is 72.6 Å². The monoisotopic (exact) mass is 696 g/mol. The molecule has 0 aliphatic carbocycles. The number of thioether (sulfide) groups is 1. The zero-order valence-corrected chi connectivity index (χ0v) is 27.4. The summed E-state index contributed by atoms with van der Waals surface area (Å²) >= 11 is 1.49. The molecule has 3 heterocycles. The van der Waals surface area contributed by atoms with Gasteiger partial charge >= 0.3 is 12.1 Å². The number of hydrogen-bond acceptors (Lipinski definition) is 9. The zero-order valence-electron chi connectivity index (χ0n) is 26.5. The molecule has 1 aromatic heterocycles. The molecule has 15 heteroatoms. The van der Waals surface area contributed by atoms with Crippen LogP contribution in [0.4, 0.5) is 13.2 Å². The van der Waals surface area contributed by atoms with E-state index in [1.165, 1.54) is 11.8 Å². The lowest BCUT2D eigenvalue weighted by molar-refractivity contribution is -0.245. The Kier molecular flexibility index (Phi) is 10.6. The lowest BCUT2D eigenvalue weighted by Crippen LogP contribution is -2.50. The number of ether oxygens (including phenoxy) is 2. The van der Waals surface area contributed by atoms with Crippen LogP contribution in [0.15, 0.2) is 78.0 Å². The molecule has 49 heavy (non-hydrogen) atoms. The molecule has 258 valence electrons. The summed E-state index contributed by atoms with van der Waals surface area (Å²) in [6.07, 6.45) is -5.04. The number of hydrogen-bond donors (Lipinski definition) is 2. The third-order valence-electron chi connectivity index (χ3n) is 8.62. The van der Waals surface area contributed by atoms with Crippen LogP contribution in [-0.2, 0) is 39.3 Å². The molecule has 11 nitrogen and oxygen atoms in total. The van der Waals surface area contributed by atoms with E-state index < -0.39 is 30.3 Å². The molecule has 0 bridgehead atoms. The molecule has 0 saturated carbocycles. The van der Waals surface area contributed by atoms with Gasteiger partial charge in [0.1, 0.15) is 6.04 Å². The Bertz CT molecular complexity index is 1750. The fourth-order valence-electron chi connectivity index (χ4n) is 6.06. The van der Waals surface area contributed by atoms with E-state index in [-0.39, 0.29) is 38.3 Å². The number of nitrogens with one attached hydrogen (secondary N) is 1. The molecule has 3 aromatic carbocycles. The number of amides is 2. The van der Waals surface area contributed by atoms with E-state index >= 15 is 0 Å². The molecule has 0 spiro atoms. The number of likely N-dealkylation sites (tertiary alicyclic amines) is 1. The Morgan fingerprint density at radius 2 is 1.76 bits per heavy atom. The molecule has 2 fully saturated rings. The van der Waals surface area contributed by atoms with Crippen molar-refractivity contribution >= 4 is 23.6 Å². The summed E-state index contributed by atoms with van der Waals surface area (Å²) in [6.45, 7) is -0.0804. The lowest BCUT2D eigenvalue weighted by Gasteiger charge is -2.36.